The molecule has 16 heavy (non-hydrogen) atoms. The Balaban J connectivity index is 1.51. The minimum atomic E-state index is 0.814. The van der Waals surface area contributed by atoms with Crippen molar-refractivity contribution >= 4 is 11.3 Å². The van der Waals surface area contributed by atoms with Crippen molar-refractivity contribution in [1.82, 2.24) is 10.3 Å². The van der Waals surface area contributed by atoms with E-state index in [4.69, 9.17) is 4.98 Å². The van der Waals surface area contributed by atoms with Crippen molar-refractivity contribution in [2.24, 2.45) is 0 Å². The predicted octanol–water partition coefficient (Wildman–Crippen LogP) is 2.71. The highest BCUT2D eigenvalue weighted by Crippen LogP contribution is 2.26. The summed E-state index contributed by atoms with van der Waals surface area (Å²) >= 11 is 1.96. The smallest absolute Gasteiger partial charge is 0.0943 e. The number of nitrogens with one attached hydrogen (secondary N) is 1. The van der Waals surface area contributed by atoms with Gasteiger partial charge in [-0.05, 0) is 38.5 Å². The van der Waals surface area contributed by atoms with Gasteiger partial charge in [-0.1, -0.05) is 6.42 Å². The molecule has 2 aliphatic rings. The van der Waals surface area contributed by atoms with E-state index < -0.39 is 0 Å². The third kappa shape index (κ3) is 2.30. The fraction of sp³-hybridized carbons (Fsp3) is 0.769. The molecule has 3 heteroatoms. The molecule has 0 bridgehead atoms. The van der Waals surface area contributed by atoms with Gasteiger partial charge in [0.05, 0.1) is 10.7 Å². The summed E-state index contributed by atoms with van der Waals surface area (Å²) in [5.41, 5.74) is 1.41. The number of rotatable bonds is 4. The molecule has 0 spiro atoms. The summed E-state index contributed by atoms with van der Waals surface area (Å²) in [7, 11) is 0. The zero-order chi connectivity index (χ0) is 10.8. The van der Waals surface area contributed by atoms with E-state index in [-0.39, 0.29) is 0 Å². The first-order valence-electron chi connectivity index (χ1n) is 6.62. The quantitative estimate of drug-likeness (QED) is 0.869. The van der Waals surface area contributed by atoms with E-state index >= 15 is 0 Å². The molecule has 1 heterocycles. The normalized spacial score (nSPS) is 20.5. The summed E-state index contributed by atoms with van der Waals surface area (Å²) in [5.74, 6) is 0. The van der Waals surface area contributed by atoms with Gasteiger partial charge in [0.2, 0.25) is 0 Å². The van der Waals surface area contributed by atoms with Gasteiger partial charge in [-0.15, -0.1) is 11.3 Å². The molecule has 1 aromatic rings. The van der Waals surface area contributed by atoms with Gasteiger partial charge in [0, 0.05) is 23.9 Å². The van der Waals surface area contributed by atoms with E-state index in [9.17, 15) is 0 Å². The largest absolute Gasteiger partial charge is 0.314 e. The highest BCUT2D eigenvalue weighted by molar-refractivity contribution is 7.11. The molecule has 2 nitrogen and oxygen atoms in total. The van der Waals surface area contributed by atoms with Crippen LogP contribution in [0.5, 0.6) is 0 Å². The SMILES string of the molecule is C1CCc2sc(CCNC3CCC3)nc2C1. The van der Waals surface area contributed by atoms with E-state index in [2.05, 4.69) is 5.32 Å². The Labute approximate surface area is 101 Å². The average Bonchev–Trinajstić information content (AvgIpc) is 2.64. The molecule has 0 saturated heterocycles. The molecule has 3 rings (SSSR count). The zero-order valence-electron chi connectivity index (χ0n) is 9.80. The van der Waals surface area contributed by atoms with Crippen LogP contribution in [-0.4, -0.2) is 17.6 Å². The molecule has 1 saturated carbocycles. The Hall–Kier alpha value is -0.410. The fourth-order valence-electron chi connectivity index (χ4n) is 2.51. The Bertz CT molecular complexity index is 331. The van der Waals surface area contributed by atoms with Gasteiger partial charge in [0.1, 0.15) is 0 Å². The second-order valence-corrected chi connectivity index (χ2v) is 6.18. The summed E-state index contributed by atoms with van der Waals surface area (Å²) in [5, 5.41) is 4.97. The van der Waals surface area contributed by atoms with E-state index in [0.29, 0.717) is 0 Å². The van der Waals surface area contributed by atoms with Gasteiger partial charge in [-0.3, -0.25) is 0 Å². The van der Waals surface area contributed by atoms with Gasteiger partial charge in [-0.2, -0.15) is 0 Å². The van der Waals surface area contributed by atoms with Crippen molar-refractivity contribution in [3.8, 4) is 0 Å². The minimum absolute atomic E-state index is 0.814. The maximum absolute atomic E-state index is 4.77. The van der Waals surface area contributed by atoms with E-state index in [1.807, 2.05) is 11.3 Å². The first kappa shape index (κ1) is 10.7. The zero-order valence-corrected chi connectivity index (χ0v) is 10.6. The lowest BCUT2D eigenvalue weighted by Gasteiger charge is -2.26. The van der Waals surface area contributed by atoms with Crippen LogP contribution in [0.4, 0.5) is 0 Å². The van der Waals surface area contributed by atoms with Crippen LogP contribution >= 0.6 is 11.3 Å². The van der Waals surface area contributed by atoms with Crippen molar-refractivity contribution in [1.29, 1.82) is 0 Å². The molecule has 1 aromatic heterocycles. The third-order valence-corrected chi connectivity index (χ3v) is 4.98. The standard InChI is InChI=1S/C13H20N2S/c1-2-7-12-11(6-1)15-13(16-12)8-9-14-10-4-3-5-10/h10,14H,1-9H2. The topological polar surface area (TPSA) is 24.9 Å². The average molecular weight is 236 g/mol. The second kappa shape index (κ2) is 4.84. The molecule has 0 radical (unpaired) electrons. The lowest BCUT2D eigenvalue weighted by Crippen LogP contribution is -2.36. The number of nitrogens with zero attached hydrogens (tertiary/aromatic N) is 1. The van der Waals surface area contributed by atoms with Crippen LogP contribution in [0, 0.1) is 0 Å². The molecular weight excluding hydrogens is 216 g/mol. The molecular formula is C13H20N2S. The number of hydrogen-bond acceptors (Lipinski definition) is 3. The van der Waals surface area contributed by atoms with Crippen molar-refractivity contribution in [3.05, 3.63) is 15.6 Å². The number of aromatic nitrogens is 1. The summed E-state index contributed by atoms with van der Waals surface area (Å²) < 4.78 is 0. The van der Waals surface area contributed by atoms with Crippen LogP contribution in [0.15, 0.2) is 0 Å². The Morgan fingerprint density at radius 2 is 2.06 bits per heavy atom. The Kier molecular flexibility index (Phi) is 3.25. The van der Waals surface area contributed by atoms with Gasteiger partial charge < -0.3 is 5.32 Å². The van der Waals surface area contributed by atoms with E-state index in [1.54, 1.807) is 4.88 Å². The molecule has 0 aliphatic heterocycles. The molecule has 88 valence electrons. The molecule has 0 amide bonds. The van der Waals surface area contributed by atoms with Gasteiger partial charge in [-0.25, -0.2) is 4.98 Å². The summed E-state index contributed by atoms with van der Waals surface area (Å²) in [6.45, 7) is 1.12. The van der Waals surface area contributed by atoms with Crippen LogP contribution < -0.4 is 5.32 Å². The van der Waals surface area contributed by atoms with Crippen LogP contribution in [-0.2, 0) is 19.3 Å². The maximum Gasteiger partial charge on any atom is 0.0943 e. The fourth-order valence-corrected chi connectivity index (χ4v) is 3.66. The van der Waals surface area contributed by atoms with Crippen molar-refractivity contribution in [2.45, 2.75) is 57.4 Å². The lowest BCUT2D eigenvalue weighted by molar-refractivity contribution is 0.342. The number of hydrogen-bond donors (Lipinski definition) is 1. The van der Waals surface area contributed by atoms with Crippen molar-refractivity contribution in [2.75, 3.05) is 6.54 Å². The Morgan fingerprint density at radius 1 is 1.19 bits per heavy atom. The van der Waals surface area contributed by atoms with Gasteiger partial charge in [0.15, 0.2) is 0 Å². The van der Waals surface area contributed by atoms with Crippen molar-refractivity contribution in [3.63, 3.8) is 0 Å². The van der Waals surface area contributed by atoms with E-state index in [0.717, 1.165) is 19.0 Å². The Morgan fingerprint density at radius 3 is 2.81 bits per heavy atom. The molecule has 0 aromatic carbocycles. The molecule has 2 aliphatic carbocycles. The maximum atomic E-state index is 4.77. The second-order valence-electron chi connectivity index (χ2n) is 5.02. The summed E-state index contributed by atoms with van der Waals surface area (Å²) in [6, 6.07) is 0.814. The van der Waals surface area contributed by atoms with Crippen LogP contribution in [0.1, 0.15) is 47.7 Å². The number of thiazole rings is 1. The third-order valence-electron chi connectivity index (χ3n) is 3.77. The minimum Gasteiger partial charge on any atom is -0.314 e. The molecule has 1 N–H and O–H groups in total. The number of fused-ring (bicyclic) bond motifs is 1. The summed E-state index contributed by atoms with van der Waals surface area (Å²) in [4.78, 5) is 6.34. The first-order chi connectivity index (χ1) is 7.92. The summed E-state index contributed by atoms with van der Waals surface area (Å²) in [6.07, 6.45) is 10.5. The highest BCUT2D eigenvalue weighted by atomic mass is 32.1. The number of aryl methyl sites for hydroxylation is 2. The first-order valence-corrected chi connectivity index (χ1v) is 7.44. The van der Waals surface area contributed by atoms with E-state index in [1.165, 1.54) is 55.6 Å². The van der Waals surface area contributed by atoms with Crippen molar-refractivity contribution < 1.29 is 0 Å². The monoisotopic (exact) mass is 236 g/mol. The molecule has 0 unspecified atom stereocenters. The van der Waals surface area contributed by atoms with Crippen LogP contribution in [0.3, 0.4) is 0 Å². The van der Waals surface area contributed by atoms with Crippen LogP contribution in [0.25, 0.3) is 0 Å². The van der Waals surface area contributed by atoms with Gasteiger partial charge >= 0.3 is 0 Å². The lowest BCUT2D eigenvalue weighted by atomic mass is 9.93. The van der Waals surface area contributed by atoms with Gasteiger partial charge in [0.25, 0.3) is 0 Å². The predicted molar refractivity (Wildman–Crippen MR) is 68.1 cm³/mol. The highest BCUT2D eigenvalue weighted by Gasteiger charge is 2.17. The molecule has 1 fully saturated rings. The molecule has 0 atom stereocenters. The van der Waals surface area contributed by atoms with Crippen LogP contribution in [0.2, 0.25) is 0 Å².